The number of anilines is 1. The maximum absolute atomic E-state index is 11.7. The number of para-hydroxylation sites is 1. The van der Waals surface area contributed by atoms with Crippen molar-refractivity contribution in [1.82, 2.24) is 10.6 Å². The van der Waals surface area contributed by atoms with Gasteiger partial charge in [0.25, 0.3) is 0 Å². The third kappa shape index (κ3) is 3.71. The van der Waals surface area contributed by atoms with Crippen LogP contribution in [0.25, 0.3) is 0 Å². The molecule has 4 N–H and O–H groups in total. The predicted molar refractivity (Wildman–Crippen MR) is 75.8 cm³/mol. The van der Waals surface area contributed by atoms with Crippen LogP contribution in [0.15, 0.2) is 30.3 Å². The van der Waals surface area contributed by atoms with Crippen molar-refractivity contribution in [2.75, 3.05) is 11.9 Å². The molecule has 1 aromatic rings. The van der Waals surface area contributed by atoms with Crippen LogP contribution in [0.1, 0.15) is 19.3 Å². The number of aliphatic carboxylic acids is 1. The Morgan fingerprint density at radius 1 is 1.14 bits per heavy atom. The number of carboxylic acid groups (broad SMARTS) is 1. The summed E-state index contributed by atoms with van der Waals surface area (Å²) in [5.74, 6) is -1.55. The zero-order valence-corrected chi connectivity index (χ0v) is 11.4. The molecule has 0 saturated heterocycles. The molecule has 0 aromatic heterocycles. The van der Waals surface area contributed by atoms with E-state index in [-0.39, 0.29) is 6.54 Å². The van der Waals surface area contributed by atoms with E-state index in [2.05, 4.69) is 16.0 Å². The standard InChI is InChI=1S/C14H17N3O4/c18-11(17-14(12(19)20)7-4-8-14)9-15-13(21)16-10-5-2-1-3-6-10/h1-3,5-6H,4,7-9H2,(H,17,18)(H,19,20)(H2,15,16,21). The van der Waals surface area contributed by atoms with Crippen LogP contribution in [0.4, 0.5) is 10.5 Å². The summed E-state index contributed by atoms with van der Waals surface area (Å²) in [6.07, 6.45) is 1.61. The molecule has 1 saturated carbocycles. The number of carboxylic acids is 1. The highest BCUT2D eigenvalue weighted by molar-refractivity contribution is 5.94. The quantitative estimate of drug-likeness (QED) is 0.647. The Kier molecular flexibility index (Phi) is 4.42. The summed E-state index contributed by atoms with van der Waals surface area (Å²) in [7, 11) is 0. The van der Waals surface area contributed by atoms with Gasteiger partial charge in [-0.1, -0.05) is 18.2 Å². The molecule has 2 rings (SSSR count). The summed E-state index contributed by atoms with van der Waals surface area (Å²) in [5, 5.41) is 16.5. The van der Waals surface area contributed by atoms with E-state index in [1.54, 1.807) is 24.3 Å². The summed E-state index contributed by atoms with van der Waals surface area (Å²) in [5.41, 5.74) is -0.550. The maximum atomic E-state index is 11.7. The molecule has 3 amide bonds. The third-order valence-corrected chi connectivity index (χ3v) is 3.44. The van der Waals surface area contributed by atoms with E-state index in [1.807, 2.05) is 6.07 Å². The summed E-state index contributed by atoms with van der Waals surface area (Å²) < 4.78 is 0. The first-order chi connectivity index (χ1) is 10.0. The Hall–Kier alpha value is -2.57. The monoisotopic (exact) mass is 291 g/mol. The summed E-state index contributed by atoms with van der Waals surface area (Å²) in [6, 6.07) is 8.28. The molecule has 0 unspecified atom stereocenters. The lowest BCUT2D eigenvalue weighted by Crippen LogP contribution is -2.60. The van der Waals surface area contributed by atoms with Crippen LogP contribution in [0.2, 0.25) is 0 Å². The Balaban J connectivity index is 1.76. The number of amides is 3. The average Bonchev–Trinajstić information content (AvgIpc) is 2.41. The van der Waals surface area contributed by atoms with E-state index in [1.165, 1.54) is 0 Å². The third-order valence-electron chi connectivity index (χ3n) is 3.44. The molecule has 0 heterocycles. The van der Waals surface area contributed by atoms with Crippen LogP contribution in [0, 0.1) is 0 Å². The van der Waals surface area contributed by atoms with Gasteiger partial charge in [0.05, 0.1) is 6.54 Å². The Morgan fingerprint density at radius 3 is 2.33 bits per heavy atom. The fourth-order valence-corrected chi connectivity index (χ4v) is 2.09. The molecular weight excluding hydrogens is 274 g/mol. The van der Waals surface area contributed by atoms with Crippen molar-refractivity contribution < 1.29 is 19.5 Å². The van der Waals surface area contributed by atoms with E-state index in [4.69, 9.17) is 5.11 Å². The lowest BCUT2D eigenvalue weighted by Gasteiger charge is -2.38. The van der Waals surface area contributed by atoms with E-state index < -0.39 is 23.4 Å². The number of carbonyl (C=O) groups excluding carboxylic acids is 2. The van der Waals surface area contributed by atoms with Gasteiger partial charge in [-0.15, -0.1) is 0 Å². The highest BCUT2D eigenvalue weighted by Crippen LogP contribution is 2.31. The smallest absolute Gasteiger partial charge is 0.329 e. The van der Waals surface area contributed by atoms with Crippen LogP contribution < -0.4 is 16.0 Å². The SMILES string of the molecule is O=C(CNC(=O)Nc1ccccc1)NC1(C(=O)O)CCC1. The molecular formula is C14H17N3O4. The van der Waals surface area contributed by atoms with Gasteiger partial charge in [0.2, 0.25) is 5.91 Å². The van der Waals surface area contributed by atoms with Gasteiger partial charge in [-0.05, 0) is 31.4 Å². The van der Waals surface area contributed by atoms with Gasteiger partial charge < -0.3 is 21.1 Å². The largest absolute Gasteiger partial charge is 0.480 e. The molecule has 0 spiro atoms. The van der Waals surface area contributed by atoms with Gasteiger partial charge in [0.1, 0.15) is 5.54 Å². The van der Waals surface area contributed by atoms with Gasteiger partial charge in [-0.25, -0.2) is 9.59 Å². The number of carbonyl (C=O) groups is 3. The minimum Gasteiger partial charge on any atom is -0.480 e. The molecule has 0 aliphatic heterocycles. The van der Waals surface area contributed by atoms with Crippen molar-refractivity contribution in [3.05, 3.63) is 30.3 Å². The van der Waals surface area contributed by atoms with Crippen molar-refractivity contribution in [2.24, 2.45) is 0 Å². The normalized spacial score (nSPS) is 15.4. The maximum Gasteiger partial charge on any atom is 0.329 e. The van der Waals surface area contributed by atoms with Crippen LogP contribution in [0.3, 0.4) is 0 Å². The van der Waals surface area contributed by atoms with Gasteiger partial charge >= 0.3 is 12.0 Å². The minimum atomic E-state index is -1.16. The van der Waals surface area contributed by atoms with E-state index >= 15 is 0 Å². The number of nitrogens with one attached hydrogen (secondary N) is 3. The van der Waals surface area contributed by atoms with Crippen molar-refractivity contribution in [1.29, 1.82) is 0 Å². The van der Waals surface area contributed by atoms with Crippen LogP contribution in [0.5, 0.6) is 0 Å². The second-order valence-electron chi connectivity index (χ2n) is 4.96. The lowest BCUT2D eigenvalue weighted by atomic mass is 9.77. The first-order valence-electron chi connectivity index (χ1n) is 6.66. The van der Waals surface area contributed by atoms with Crippen LogP contribution in [-0.4, -0.2) is 35.1 Å². The molecule has 0 bridgehead atoms. The average molecular weight is 291 g/mol. The second kappa shape index (κ2) is 6.25. The Morgan fingerprint density at radius 2 is 1.81 bits per heavy atom. The van der Waals surface area contributed by atoms with Crippen molar-refractivity contribution in [2.45, 2.75) is 24.8 Å². The number of urea groups is 1. The molecule has 112 valence electrons. The molecule has 1 aliphatic carbocycles. The number of rotatable bonds is 5. The van der Waals surface area contributed by atoms with E-state index in [0.29, 0.717) is 18.5 Å². The predicted octanol–water partition coefficient (Wildman–Crippen LogP) is 0.932. The Bertz CT molecular complexity index is 540. The number of hydrogen-bond acceptors (Lipinski definition) is 3. The highest BCUT2D eigenvalue weighted by atomic mass is 16.4. The van der Waals surface area contributed by atoms with E-state index in [0.717, 1.165) is 6.42 Å². The van der Waals surface area contributed by atoms with Gasteiger partial charge in [0.15, 0.2) is 0 Å². The van der Waals surface area contributed by atoms with E-state index in [9.17, 15) is 14.4 Å². The summed E-state index contributed by atoms with van der Waals surface area (Å²) in [4.78, 5) is 34.4. The summed E-state index contributed by atoms with van der Waals surface area (Å²) >= 11 is 0. The fourth-order valence-electron chi connectivity index (χ4n) is 2.09. The number of hydrogen-bond donors (Lipinski definition) is 4. The van der Waals surface area contributed by atoms with Gasteiger partial charge in [-0.2, -0.15) is 0 Å². The van der Waals surface area contributed by atoms with Crippen LogP contribution >= 0.6 is 0 Å². The number of benzene rings is 1. The summed E-state index contributed by atoms with van der Waals surface area (Å²) in [6.45, 7) is -0.270. The van der Waals surface area contributed by atoms with Crippen molar-refractivity contribution >= 4 is 23.6 Å². The Labute approximate surface area is 121 Å². The lowest BCUT2D eigenvalue weighted by molar-refractivity contribution is -0.151. The van der Waals surface area contributed by atoms with Crippen molar-refractivity contribution in [3.63, 3.8) is 0 Å². The molecule has 0 radical (unpaired) electrons. The van der Waals surface area contributed by atoms with Crippen molar-refractivity contribution in [3.8, 4) is 0 Å². The molecule has 7 heteroatoms. The highest BCUT2D eigenvalue weighted by Gasteiger charge is 2.45. The van der Waals surface area contributed by atoms with Gasteiger partial charge in [-0.3, -0.25) is 4.79 Å². The zero-order valence-electron chi connectivity index (χ0n) is 11.4. The first kappa shape index (κ1) is 14.8. The molecule has 1 fully saturated rings. The zero-order chi connectivity index (χ0) is 15.3. The molecule has 21 heavy (non-hydrogen) atoms. The molecule has 0 atom stereocenters. The van der Waals surface area contributed by atoms with Gasteiger partial charge in [0, 0.05) is 5.69 Å². The molecule has 7 nitrogen and oxygen atoms in total. The minimum absolute atomic E-state index is 0.270. The fraction of sp³-hybridized carbons (Fsp3) is 0.357. The van der Waals surface area contributed by atoms with Crippen LogP contribution in [-0.2, 0) is 9.59 Å². The first-order valence-corrected chi connectivity index (χ1v) is 6.66. The second-order valence-corrected chi connectivity index (χ2v) is 4.96. The molecule has 1 aromatic carbocycles. The molecule has 1 aliphatic rings. The topological polar surface area (TPSA) is 108 Å².